The van der Waals surface area contributed by atoms with Crippen LogP contribution in [0, 0.1) is 5.41 Å². The lowest BCUT2D eigenvalue weighted by Gasteiger charge is -2.28. The normalized spacial score (nSPS) is 14.9. The maximum absolute atomic E-state index is 9.80. The van der Waals surface area contributed by atoms with Gasteiger partial charge in [0.05, 0.1) is 10.5 Å². The monoisotopic (exact) mass is 256 g/mol. The topological polar surface area (TPSA) is 20.2 Å². The SMILES string of the molecule is CC=C(O)C(C)(C)C(Cl)Sc1ccccc1. The molecule has 0 saturated heterocycles. The maximum Gasteiger partial charge on any atom is 0.0959 e. The Morgan fingerprint density at radius 3 is 2.44 bits per heavy atom. The third-order valence-electron chi connectivity index (χ3n) is 2.48. The van der Waals surface area contributed by atoms with Crippen LogP contribution in [0.4, 0.5) is 0 Å². The molecule has 0 aliphatic carbocycles. The number of rotatable bonds is 4. The minimum absolute atomic E-state index is 0.203. The molecule has 0 fully saturated rings. The fraction of sp³-hybridized carbons (Fsp3) is 0.385. The van der Waals surface area contributed by atoms with Gasteiger partial charge in [0.25, 0.3) is 0 Å². The van der Waals surface area contributed by atoms with Gasteiger partial charge in [-0.05, 0) is 25.1 Å². The van der Waals surface area contributed by atoms with Crippen LogP contribution in [0.2, 0.25) is 0 Å². The molecule has 1 N–H and O–H groups in total. The van der Waals surface area contributed by atoms with Crippen LogP contribution < -0.4 is 0 Å². The molecule has 1 rings (SSSR count). The Hall–Kier alpha value is -0.600. The van der Waals surface area contributed by atoms with E-state index in [9.17, 15) is 5.11 Å². The summed E-state index contributed by atoms with van der Waals surface area (Å²) in [5.41, 5.74) is -0.434. The number of allylic oxidation sites excluding steroid dienone is 2. The zero-order valence-electron chi connectivity index (χ0n) is 9.77. The summed E-state index contributed by atoms with van der Waals surface area (Å²) in [7, 11) is 0. The lowest BCUT2D eigenvalue weighted by molar-refractivity contribution is 0.272. The fourth-order valence-corrected chi connectivity index (χ4v) is 2.64. The van der Waals surface area contributed by atoms with Crippen LogP contribution in [-0.4, -0.2) is 9.82 Å². The summed E-state index contributed by atoms with van der Waals surface area (Å²) in [4.78, 5) is 1.11. The van der Waals surface area contributed by atoms with Gasteiger partial charge in [-0.1, -0.05) is 32.0 Å². The summed E-state index contributed by atoms with van der Waals surface area (Å²) in [6.45, 7) is 5.69. The Morgan fingerprint density at radius 1 is 1.38 bits per heavy atom. The van der Waals surface area contributed by atoms with Gasteiger partial charge in [-0.3, -0.25) is 0 Å². The van der Waals surface area contributed by atoms with Crippen LogP contribution in [0.3, 0.4) is 0 Å². The van der Waals surface area contributed by atoms with Crippen LogP contribution in [0.15, 0.2) is 47.1 Å². The van der Waals surface area contributed by atoms with Gasteiger partial charge in [-0.15, -0.1) is 23.4 Å². The van der Waals surface area contributed by atoms with Gasteiger partial charge in [0.1, 0.15) is 0 Å². The van der Waals surface area contributed by atoms with E-state index in [1.165, 1.54) is 0 Å². The predicted octanol–water partition coefficient (Wildman–Crippen LogP) is 4.83. The van der Waals surface area contributed by atoms with Crippen molar-refractivity contribution in [2.45, 2.75) is 30.4 Å². The summed E-state index contributed by atoms with van der Waals surface area (Å²) in [5, 5.41) is 9.80. The summed E-state index contributed by atoms with van der Waals surface area (Å²) >= 11 is 7.90. The third kappa shape index (κ3) is 3.19. The molecule has 0 bridgehead atoms. The third-order valence-corrected chi connectivity index (χ3v) is 4.64. The number of halogens is 1. The molecule has 1 aromatic carbocycles. The van der Waals surface area contributed by atoms with Crippen molar-refractivity contribution in [1.29, 1.82) is 0 Å². The van der Waals surface area contributed by atoms with E-state index in [2.05, 4.69) is 0 Å². The number of alkyl halides is 1. The highest BCUT2D eigenvalue weighted by Gasteiger charge is 2.32. The van der Waals surface area contributed by atoms with Gasteiger partial charge in [0.15, 0.2) is 0 Å². The highest BCUT2D eigenvalue weighted by molar-refractivity contribution is 8.01. The van der Waals surface area contributed by atoms with E-state index in [4.69, 9.17) is 11.6 Å². The molecule has 0 heterocycles. The Labute approximate surface area is 107 Å². The molecule has 0 aliphatic rings. The van der Waals surface area contributed by atoms with Gasteiger partial charge in [-0.2, -0.15) is 0 Å². The van der Waals surface area contributed by atoms with E-state index in [1.54, 1.807) is 17.8 Å². The fourth-order valence-electron chi connectivity index (χ4n) is 1.25. The molecule has 1 aromatic rings. The van der Waals surface area contributed by atoms with Gasteiger partial charge >= 0.3 is 0 Å². The first-order valence-electron chi connectivity index (χ1n) is 5.20. The molecule has 0 spiro atoms. The number of hydrogen-bond donors (Lipinski definition) is 1. The lowest BCUT2D eigenvalue weighted by Crippen LogP contribution is -2.24. The molecule has 0 saturated carbocycles. The van der Waals surface area contributed by atoms with Crippen molar-refractivity contribution in [3.63, 3.8) is 0 Å². The molecule has 1 nitrogen and oxygen atoms in total. The molecule has 1 unspecified atom stereocenters. The summed E-state index contributed by atoms with van der Waals surface area (Å²) in [5.74, 6) is 0.330. The van der Waals surface area contributed by atoms with Gasteiger partial charge in [0.2, 0.25) is 0 Å². The Bertz CT molecular complexity index is 359. The van der Waals surface area contributed by atoms with Gasteiger partial charge in [-0.25, -0.2) is 0 Å². The van der Waals surface area contributed by atoms with Crippen molar-refractivity contribution in [2.75, 3.05) is 0 Å². The number of hydrogen-bond acceptors (Lipinski definition) is 2. The quantitative estimate of drug-likeness (QED) is 0.473. The van der Waals surface area contributed by atoms with Crippen molar-refractivity contribution < 1.29 is 5.11 Å². The molecule has 0 aromatic heterocycles. The number of benzene rings is 1. The molecular formula is C13H17ClOS. The molecule has 88 valence electrons. The second-order valence-corrected chi connectivity index (χ2v) is 6.02. The zero-order valence-corrected chi connectivity index (χ0v) is 11.3. The van der Waals surface area contributed by atoms with Crippen LogP contribution in [0.25, 0.3) is 0 Å². The number of aliphatic hydroxyl groups is 1. The second-order valence-electron chi connectivity index (χ2n) is 4.14. The summed E-state index contributed by atoms with van der Waals surface area (Å²) < 4.78 is -0.203. The maximum atomic E-state index is 9.80. The van der Waals surface area contributed by atoms with Crippen molar-refractivity contribution in [3.05, 3.63) is 42.2 Å². The smallest absolute Gasteiger partial charge is 0.0959 e. The van der Waals surface area contributed by atoms with E-state index in [0.717, 1.165) is 4.90 Å². The highest BCUT2D eigenvalue weighted by Crippen LogP contribution is 2.41. The molecule has 1 atom stereocenters. The second kappa shape index (κ2) is 5.65. The van der Waals surface area contributed by atoms with Crippen molar-refractivity contribution >= 4 is 23.4 Å². The highest BCUT2D eigenvalue weighted by atomic mass is 35.5. The Kier molecular flexibility index (Phi) is 4.75. The average molecular weight is 257 g/mol. The van der Waals surface area contributed by atoms with Gasteiger partial charge in [0, 0.05) is 10.3 Å². The molecule has 16 heavy (non-hydrogen) atoms. The van der Waals surface area contributed by atoms with E-state index >= 15 is 0 Å². The van der Waals surface area contributed by atoms with E-state index in [-0.39, 0.29) is 4.71 Å². The summed E-state index contributed by atoms with van der Waals surface area (Å²) in [6.07, 6.45) is 1.70. The first kappa shape index (κ1) is 13.5. The van der Waals surface area contributed by atoms with Crippen molar-refractivity contribution in [3.8, 4) is 0 Å². The van der Waals surface area contributed by atoms with E-state index < -0.39 is 5.41 Å². The summed E-state index contributed by atoms with van der Waals surface area (Å²) in [6, 6.07) is 9.97. The van der Waals surface area contributed by atoms with E-state index in [0.29, 0.717) is 5.76 Å². The number of aliphatic hydroxyl groups excluding tert-OH is 1. The molecule has 0 amide bonds. The van der Waals surface area contributed by atoms with Gasteiger partial charge < -0.3 is 5.11 Å². The van der Waals surface area contributed by atoms with Crippen LogP contribution >= 0.6 is 23.4 Å². The Balaban J connectivity index is 2.76. The minimum Gasteiger partial charge on any atom is -0.512 e. The average Bonchev–Trinajstić information content (AvgIpc) is 2.29. The lowest BCUT2D eigenvalue weighted by atomic mass is 9.93. The predicted molar refractivity (Wildman–Crippen MR) is 72.1 cm³/mol. The molecular weight excluding hydrogens is 240 g/mol. The zero-order chi connectivity index (χ0) is 12.2. The van der Waals surface area contributed by atoms with Crippen molar-refractivity contribution in [2.24, 2.45) is 5.41 Å². The largest absolute Gasteiger partial charge is 0.512 e. The van der Waals surface area contributed by atoms with Crippen LogP contribution in [0.5, 0.6) is 0 Å². The van der Waals surface area contributed by atoms with Crippen molar-refractivity contribution in [1.82, 2.24) is 0 Å². The first-order valence-corrected chi connectivity index (χ1v) is 6.51. The Morgan fingerprint density at radius 2 is 1.94 bits per heavy atom. The standard InChI is InChI=1S/C13H17ClOS/c1-4-11(15)13(2,3)12(14)16-10-8-6-5-7-9-10/h4-9,12,15H,1-3H3. The minimum atomic E-state index is -0.434. The van der Waals surface area contributed by atoms with Crippen LogP contribution in [0.1, 0.15) is 20.8 Å². The van der Waals surface area contributed by atoms with Crippen LogP contribution in [-0.2, 0) is 0 Å². The molecule has 3 heteroatoms. The number of thioether (sulfide) groups is 1. The molecule has 0 radical (unpaired) electrons. The first-order chi connectivity index (χ1) is 7.48. The van der Waals surface area contributed by atoms with E-state index in [1.807, 2.05) is 51.1 Å². The molecule has 0 aliphatic heterocycles.